The molecule has 0 fully saturated rings. The van der Waals surface area contributed by atoms with Crippen molar-refractivity contribution in [3.05, 3.63) is 23.8 Å². The molecule has 1 rings (SSSR count). The van der Waals surface area contributed by atoms with Crippen molar-refractivity contribution >= 4 is 22.7 Å². The van der Waals surface area contributed by atoms with Crippen LogP contribution in [0.1, 0.15) is 5.56 Å². The van der Waals surface area contributed by atoms with Gasteiger partial charge in [-0.3, -0.25) is 4.79 Å². The highest BCUT2D eigenvalue weighted by Gasteiger charge is 2.08. The number of rotatable bonds is 3. The van der Waals surface area contributed by atoms with Crippen molar-refractivity contribution in [3.8, 4) is 0 Å². The van der Waals surface area contributed by atoms with Crippen LogP contribution in [0.15, 0.2) is 23.1 Å². The van der Waals surface area contributed by atoms with E-state index >= 15 is 0 Å². The number of nitrogen functional groups attached to an aromatic ring is 1. The molecule has 1 atom stereocenters. The van der Waals surface area contributed by atoms with Crippen LogP contribution in [0.25, 0.3) is 0 Å². The van der Waals surface area contributed by atoms with E-state index in [4.69, 9.17) is 10.3 Å². The molecular formula is C9H11NO4S. The predicted molar refractivity (Wildman–Crippen MR) is 55.6 cm³/mol. The molecule has 0 spiro atoms. The van der Waals surface area contributed by atoms with E-state index in [1.165, 1.54) is 19.2 Å². The Morgan fingerprint density at radius 3 is 2.73 bits per heavy atom. The van der Waals surface area contributed by atoms with E-state index in [9.17, 15) is 9.00 Å². The molecule has 5 nitrogen and oxygen atoms in total. The summed E-state index contributed by atoms with van der Waals surface area (Å²) < 4.78 is 24.1. The summed E-state index contributed by atoms with van der Waals surface area (Å²) in [6.07, 6.45) is 0.0963. The maximum atomic E-state index is 10.9. The monoisotopic (exact) mass is 229 g/mol. The fourth-order valence-corrected chi connectivity index (χ4v) is 1.55. The molecule has 0 saturated heterocycles. The topological polar surface area (TPSA) is 89.6 Å². The molecule has 82 valence electrons. The normalized spacial score (nSPS) is 12.1. The number of benzene rings is 1. The van der Waals surface area contributed by atoms with E-state index in [1.54, 1.807) is 6.07 Å². The number of carbonyl (C=O) groups is 1. The van der Waals surface area contributed by atoms with Gasteiger partial charge in [-0.15, -0.1) is 0 Å². The minimum Gasteiger partial charge on any atom is -0.469 e. The first-order valence-electron chi connectivity index (χ1n) is 4.10. The van der Waals surface area contributed by atoms with E-state index in [1.807, 2.05) is 0 Å². The number of ether oxygens (including phenoxy) is 1. The second kappa shape index (κ2) is 4.90. The molecule has 0 bridgehead atoms. The number of hydrogen-bond acceptors (Lipinski definition) is 4. The third kappa shape index (κ3) is 3.03. The summed E-state index contributed by atoms with van der Waals surface area (Å²) in [5.74, 6) is -0.382. The number of esters is 1. The highest BCUT2D eigenvalue weighted by atomic mass is 32.2. The molecule has 0 radical (unpaired) electrons. The first-order valence-corrected chi connectivity index (χ1v) is 5.21. The maximum Gasteiger partial charge on any atom is 0.309 e. The van der Waals surface area contributed by atoms with Gasteiger partial charge >= 0.3 is 5.97 Å². The Kier molecular flexibility index (Phi) is 3.81. The van der Waals surface area contributed by atoms with E-state index in [2.05, 4.69) is 4.74 Å². The summed E-state index contributed by atoms with van der Waals surface area (Å²) in [4.78, 5) is 11.1. The number of methoxy groups -OCH3 is 1. The van der Waals surface area contributed by atoms with Crippen molar-refractivity contribution < 1.29 is 18.3 Å². The van der Waals surface area contributed by atoms with Crippen molar-refractivity contribution in [3.63, 3.8) is 0 Å². The van der Waals surface area contributed by atoms with Crippen LogP contribution in [0, 0.1) is 0 Å². The smallest absolute Gasteiger partial charge is 0.309 e. The zero-order valence-corrected chi connectivity index (χ0v) is 8.91. The summed E-state index contributed by atoms with van der Waals surface area (Å²) in [7, 11) is 1.29. The van der Waals surface area contributed by atoms with Crippen molar-refractivity contribution in [1.29, 1.82) is 0 Å². The summed E-state index contributed by atoms with van der Waals surface area (Å²) in [5.41, 5.74) is 6.37. The van der Waals surface area contributed by atoms with Gasteiger partial charge in [-0.25, -0.2) is 4.21 Å². The first-order chi connectivity index (χ1) is 7.04. The van der Waals surface area contributed by atoms with Crippen LogP contribution >= 0.6 is 0 Å². The summed E-state index contributed by atoms with van der Waals surface area (Å²) in [5, 5.41) is 0. The van der Waals surface area contributed by atoms with E-state index in [-0.39, 0.29) is 23.0 Å². The highest BCUT2D eigenvalue weighted by Crippen LogP contribution is 2.17. The van der Waals surface area contributed by atoms with Gasteiger partial charge in [0.15, 0.2) is 11.1 Å². The average Bonchev–Trinajstić information content (AvgIpc) is 2.17. The molecule has 6 heteroatoms. The molecule has 0 amide bonds. The second-order valence-electron chi connectivity index (χ2n) is 2.87. The quantitative estimate of drug-likeness (QED) is 0.449. The maximum absolute atomic E-state index is 10.9. The van der Waals surface area contributed by atoms with Crippen molar-refractivity contribution in [1.82, 2.24) is 0 Å². The van der Waals surface area contributed by atoms with Gasteiger partial charge in [0.1, 0.15) is 0 Å². The predicted octanol–water partition coefficient (Wildman–Crippen LogP) is 0.565. The summed E-state index contributed by atoms with van der Waals surface area (Å²) in [6, 6.07) is 4.47. The van der Waals surface area contributed by atoms with Crippen LogP contribution < -0.4 is 5.73 Å². The lowest BCUT2D eigenvalue weighted by molar-refractivity contribution is -0.139. The van der Waals surface area contributed by atoms with Crippen LogP contribution in [-0.4, -0.2) is 21.8 Å². The van der Waals surface area contributed by atoms with Crippen LogP contribution in [0.2, 0.25) is 0 Å². The molecule has 0 aliphatic carbocycles. The zero-order valence-electron chi connectivity index (χ0n) is 8.10. The molecule has 1 aromatic rings. The van der Waals surface area contributed by atoms with Crippen LogP contribution in [0.5, 0.6) is 0 Å². The Labute approximate surface area is 89.5 Å². The first kappa shape index (κ1) is 11.7. The number of hydrogen-bond donors (Lipinski definition) is 2. The van der Waals surface area contributed by atoms with Crippen molar-refractivity contribution in [2.75, 3.05) is 12.8 Å². The summed E-state index contributed by atoms with van der Waals surface area (Å²) in [6.45, 7) is 0. The lowest BCUT2D eigenvalue weighted by Crippen LogP contribution is -2.05. The lowest BCUT2D eigenvalue weighted by Gasteiger charge is -2.04. The minimum atomic E-state index is -2.10. The third-order valence-corrected chi connectivity index (χ3v) is 2.59. The zero-order chi connectivity index (χ0) is 11.4. The van der Waals surface area contributed by atoms with E-state index in [0.29, 0.717) is 5.56 Å². The van der Waals surface area contributed by atoms with Crippen LogP contribution in [-0.2, 0) is 27.0 Å². The van der Waals surface area contributed by atoms with Crippen molar-refractivity contribution in [2.45, 2.75) is 11.3 Å². The Morgan fingerprint density at radius 1 is 1.60 bits per heavy atom. The molecule has 0 saturated carbocycles. The molecule has 1 aromatic carbocycles. The van der Waals surface area contributed by atoms with E-state index in [0.717, 1.165) is 0 Å². The minimum absolute atomic E-state index is 0.0963. The Morgan fingerprint density at radius 2 is 2.27 bits per heavy atom. The molecule has 0 aliphatic rings. The number of anilines is 1. The molecule has 3 N–H and O–H groups in total. The fraction of sp³-hybridized carbons (Fsp3) is 0.222. The highest BCUT2D eigenvalue weighted by molar-refractivity contribution is 7.79. The lowest BCUT2D eigenvalue weighted by atomic mass is 10.1. The van der Waals surface area contributed by atoms with Crippen LogP contribution in [0.3, 0.4) is 0 Å². The fourth-order valence-electron chi connectivity index (χ4n) is 1.11. The van der Waals surface area contributed by atoms with E-state index < -0.39 is 11.1 Å². The standard InChI is InChI=1S/C9H11NO4S/c1-14-9(11)5-6-2-3-8(15(12)13)7(10)4-6/h2-4H,5,10H2,1H3,(H,12,13). The van der Waals surface area contributed by atoms with Gasteiger partial charge in [-0.1, -0.05) is 6.07 Å². The number of carbonyl (C=O) groups excluding carboxylic acids is 1. The van der Waals surface area contributed by atoms with Crippen LogP contribution in [0.4, 0.5) is 5.69 Å². The van der Waals surface area contributed by atoms with Gasteiger partial charge < -0.3 is 15.0 Å². The molecular weight excluding hydrogens is 218 g/mol. The Balaban J connectivity index is 2.91. The van der Waals surface area contributed by atoms with Gasteiger partial charge in [0.25, 0.3) is 0 Å². The molecule has 0 heterocycles. The van der Waals surface area contributed by atoms with Crippen molar-refractivity contribution in [2.24, 2.45) is 0 Å². The molecule has 1 unspecified atom stereocenters. The Hall–Kier alpha value is -1.40. The number of nitrogens with two attached hydrogens (primary N) is 1. The molecule has 0 aromatic heterocycles. The van der Waals surface area contributed by atoms with Gasteiger partial charge in [0.05, 0.1) is 24.1 Å². The SMILES string of the molecule is COC(=O)Cc1ccc(S(=O)O)c(N)c1. The summed E-state index contributed by atoms with van der Waals surface area (Å²) >= 11 is -2.10. The van der Waals surface area contributed by atoms with Gasteiger partial charge in [0.2, 0.25) is 0 Å². The molecule has 15 heavy (non-hydrogen) atoms. The molecule has 0 aliphatic heterocycles. The van der Waals surface area contributed by atoms with Gasteiger partial charge in [-0.05, 0) is 17.7 Å². The second-order valence-corrected chi connectivity index (χ2v) is 3.81. The van der Waals surface area contributed by atoms with Gasteiger partial charge in [-0.2, -0.15) is 0 Å². The average molecular weight is 229 g/mol. The van der Waals surface area contributed by atoms with Gasteiger partial charge in [0, 0.05) is 0 Å². The largest absolute Gasteiger partial charge is 0.469 e. The Bertz CT molecular complexity index is 405. The third-order valence-electron chi connectivity index (χ3n) is 1.84.